The summed E-state index contributed by atoms with van der Waals surface area (Å²) in [5.74, 6) is 0.400. The summed E-state index contributed by atoms with van der Waals surface area (Å²) < 4.78 is 8.78. The van der Waals surface area contributed by atoms with Gasteiger partial charge in [-0.3, -0.25) is 9.78 Å². The highest BCUT2D eigenvalue weighted by Gasteiger charge is 2.42. The molecule has 1 amide bonds. The number of nitrogens with zero attached hydrogens (tertiary/aromatic N) is 3. The van der Waals surface area contributed by atoms with E-state index in [4.69, 9.17) is 17.0 Å². The Balaban J connectivity index is 1.67. The largest absolute Gasteiger partial charge is 0.495 e. The first-order chi connectivity index (χ1) is 18.3. The molecule has 0 spiro atoms. The zero-order chi connectivity index (χ0) is 27.0. The molecule has 2 aromatic heterocycles. The van der Waals surface area contributed by atoms with E-state index in [-0.39, 0.29) is 18.0 Å². The monoisotopic (exact) mass is 589 g/mol. The molecule has 0 saturated carbocycles. The Morgan fingerprint density at radius 1 is 1.08 bits per heavy atom. The third-order valence-corrected chi connectivity index (χ3v) is 7.59. The fourth-order valence-corrected chi connectivity index (χ4v) is 5.77. The maximum Gasteiger partial charge on any atom is 0.221 e. The second-order valence-electron chi connectivity index (χ2n) is 9.20. The van der Waals surface area contributed by atoms with Crippen molar-refractivity contribution in [2.24, 2.45) is 0 Å². The Bertz CT molecular complexity index is 1500. The van der Waals surface area contributed by atoms with Crippen molar-refractivity contribution in [2.45, 2.75) is 32.9 Å². The van der Waals surface area contributed by atoms with Crippen molar-refractivity contribution in [1.29, 1.82) is 0 Å². The average molecular weight is 591 g/mol. The molecule has 0 bridgehead atoms. The summed E-state index contributed by atoms with van der Waals surface area (Å²) in [4.78, 5) is 18.7. The molecule has 38 heavy (non-hydrogen) atoms. The summed E-state index contributed by atoms with van der Waals surface area (Å²) in [6.07, 6.45) is 1.80. The lowest BCUT2D eigenvalue weighted by Gasteiger charge is -2.29. The minimum absolute atomic E-state index is 0.177. The molecular formula is C29H28BrN5O2S. The van der Waals surface area contributed by atoms with Crippen LogP contribution in [0.2, 0.25) is 0 Å². The number of pyridine rings is 1. The molecule has 3 heterocycles. The van der Waals surface area contributed by atoms with Crippen molar-refractivity contribution in [3.8, 4) is 11.4 Å². The van der Waals surface area contributed by atoms with E-state index in [9.17, 15) is 4.79 Å². The van der Waals surface area contributed by atoms with Gasteiger partial charge in [0.25, 0.3) is 0 Å². The van der Waals surface area contributed by atoms with E-state index >= 15 is 0 Å². The summed E-state index contributed by atoms with van der Waals surface area (Å²) in [7, 11) is 1.58. The molecule has 2 unspecified atom stereocenters. The third-order valence-electron chi connectivity index (χ3n) is 6.74. The van der Waals surface area contributed by atoms with Crippen LogP contribution in [0.4, 0.5) is 11.4 Å². The molecule has 2 aromatic carbocycles. The van der Waals surface area contributed by atoms with Gasteiger partial charge in [0.1, 0.15) is 5.75 Å². The number of aromatic nitrogens is 2. The molecule has 194 valence electrons. The van der Waals surface area contributed by atoms with Crippen LogP contribution >= 0.6 is 28.1 Å². The van der Waals surface area contributed by atoms with E-state index < -0.39 is 0 Å². The Morgan fingerprint density at radius 3 is 2.47 bits per heavy atom. The molecule has 2 N–H and O–H groups in total. The highest BCUT2D eigenvalue weighted by atomic mass is 79.9. The first-order valence-corrected chi connectivity index (χ1v) is 13.4. The molecule has 1 aliphatic heterocycles. The van der Waals surface area contributed by atoms with Crippen molar-refractivity contribution in [1.82, 2.24) is 14.9 Å². The minimum Gasteiger partial charge on any atom is -0.495 e. The molecule has 4 aromatic rings. The van der Waals surface area contributed by atoms with Gasteiger partial charge in [0.2, 0.25) is 5.91 Å². The number of amides is 1. The number of nitrogens with one attached hydrogen (secondary N) is 2. The second-order valence-corrected chi connectivity index (χ2v) is 10.5. The predicted octanol–water partition coefficient (Wildman–Crippen LogP) is 6.40. The number of ether oxygens (including phenoxy) is 1. The van der Waals surface area contributed by atoms with Gasteiger partial charge in [-0.25, -0.2) is 0 Å². The van der Waals surface area contributed by atoms with Gasteiger partial charge in [0, 0.05) is 40.4 Å². The number of benzene rings is 2. The Kier molecular flexibility index (Phi) is 7.23. The summed E-state index contributed by atoms with van der Waals surface area (Å²) in [6.45, 7) is 5.73. The van der Waals surface area contributed by atoms with Gasteiger partial charge in [-0.2, -0.15) is 0 Å². The van der Waals surface area contributed by atoms with Gasteiger partial charge in [0.15, 0.2) is 5.11 Å². The first kappa shape index (κ1) is 25.9. The lowest BCUT2D eigenvalue weighted by molar-refractivity contribution is -0.114. The fourth-order valence-electron chi connectivity index (χ4n) is 5.16. The molecule has 7 nitrogen and oxygen atoms in total. The van der Waals surface area contributed by atoms with Crippen LogP contribution in [0, 0.1) is 13.8 Å². The number of rotatable bonds is 6. The number of aryl methyl sites for hydroxylation is 1. The molecule has 0 radical (unpaired) electrons. The number of methoxy groups -OCH3 is 1. The van der Waals surface area contributed by atoms with Crippen molar-refractivity contribution in [3.05, 3.63) is 100 Å². The molecular weight excluding hydrogens is 562 g/mol. The smallest absolute Gasteiger partial charge is 0.221 e. The highest BCUT2D eigenvalue weighted by molar-refractivity contribution is 9.10. The SMILES string of the molecule is COc1ccc(N2C(=S)NC(c3ccccn3)C2c2cc(C)n(-c3ccc(Br)cc3)c2C)cc1NC(C)=O. The Hall–Kier alpha value is -3.69. The second kappa shape index (κ2) is 10.6. The molecule has 0 aliphatic carbocycles. The lowest BCUT2D eigenvalue weighted by atomic mass is 9.96. The van der Waals surface area contributed by atoms with E-state index in [1.54, 1.807) is 13.3 Å². The topological polar surface area (TPSA) is 71.4 Å². The van der Waals surface area contributed by atoms with Crippen molar-refractivity contribution in [3.63, 3.8) is 0 Å². The Labute approximate surface area is 236 Å². The molecule has 9 heteroatoms. The van der Waals surface area contributed by atoms with Crippen molar-refractivity contribution in [2.75, 3.05) is 17.3 Å². The van der Waals surface area contributed by atoms with Crippen LogP contribution in [0.15, 0.2) is 77.4 Å². The minimum atomic E-state index is -0.189. The summed E-state index contributed by atoms with van der Waals surface area (Å²) >= 11 is 9.45. The summed E-state index contributed by atoms with van der Waals surface area (Å²) in [5, 5.41) is 6.98. The zero-order valence-electron chi connectivity index (χ0n) is 21.5. The van der Waals surface area contributed by atoms with E-state index in [0.29, 0.717) is 16.5 Å². The number of carbonyl (C=O) groups excluding carboxylic acids is 1. The number of thiocarbonyl (C=S) groups is 1. The molecule has 5 rings (SSSR count). The van der Waals surface area contributed by atoms with Gasteiger partial charge in [0.05, 0.1) is 30.6 Å². The van der Waals surface area contributed by atoms with Crippen LogP contribution < -0.4 is 20.3 Å². The van der Waals surface area contributed by atoms with Crippen LogP contribution in [0.3, 0.4) is 0 Å². The Morgan fingerprint density at radius 2 is 1.82 bits per heavy atom. The first-order valence-electron chi connectivity index (χ1n) is 12.2. The van der Waals surface area contributed by atoms with E-state index in [2.05, 4.69) is 73.1 Å². The highest BCUT2D eigenvalue weighted by Crippen LogP contribution is 2.45. The average Bonchev–Trinajstić information content (AvgIpc) is 3.39. The van der Waals surface area contributed by atoms with Crippen LogP contribution in [0.5, 0.6) is 5.75 Å². The molecule has 1 saturated heterocycles. The molecule has 1 fully saturated rings. The summed E-state index contributed by atoms with van der Waals surface area (Å²) in [6, 6.07) is 21.8. The fraction of sp³-hybridized carbons (Fsp3) is 0.207. The number of halogens is 1. The van der Waals surface area contributed by atoms with Crippen LogP contribution in [-0.4, -0.2) is 27.7 Å². The predicted molar refractivity (Wildman–Crippen MR) is 158 cm³/mol. The van der Waals surface area contributed by atoms with Gasteiger partial charge >= 0.3 is 0 Å². The standard InChI is InChI=1S/C29H28BrN5O2S/c1-17-15-23(18(2)34(17)21-10-8-20(30)9-11-21)28-27(24-7-5-6-14-31-24)33-29(38)35(28)22-12-13-26(37-4)25(16-22)32-19(3)36/h5-16,27-28H,1-4H3,(H,32,36)(H,33,38). The van der Waals surface area contributed by atoms with Crippen molar-refractivity contribution < 1.29 is 9.53 Å². The quantitative estimate of drug-likeness (QED) is 0.254. The van der Waals surface area contributed by atoms with E-state index in [0.717, 1.165) is 38.5 Å². The van der Waals surface area contributed by atoms with Crippen LogP contribution in [0.25, 0.3) is 5.69 Å². The number of anilines is 2. The van der Waals surface area contributed by atoms with Crippen molar-refractivity contribution >= 4 is 50.5 Å². The van der Waals surface area contributed by atoms with E-state index in [1.165, 1.54) is 6.92 Å². The normalized spacial score (nSPS) is 16.9. The maximum atomic E-state index is 11.9. The van der Waals surface area contributed by atoms with Gasteiger partial charge in [-0.1, -0.05) is 22.0 Å². The van der Waals surface area contributed by atoms with Crippen LogP contribution in [-0.2, 0) is 4.79 Å². The van der Waals surface area contributed by atoms with Gasteiger partial charge in [-0.15, -0.1) is 0 Å². The number of carbonyl (C=O) groups is 1. The van der Waals surface area contributed by atoms with Gasteiger partial charge < -0.3 is 24.8 Å². The number of hydrogen-bond donors (Lipinski definition) is 2. The lowest BCUT2D eigenvalue weighted by Crippen LogP contribution is -2.29. The molecule has 1 aliphatic rings. The van der Waals surface area contributed by atoms with E-state index in [1.807, 2.05) is 48.5 Å². The summed E-state index contributed by atoms with van der Waals surface area (Å²) in [5.41, 5.74) is 6.76. The van der Waals surface area contributed by atoms with Crippen LogP contribution in [0.1, 0.15) is 41.7 Å². The number of hydrogen-bond acceptors (Lipinski definition) is 4. The zero-order valence-corrected chi connectivity index (χ0v) is 23.9. The molecule has 2 atom stereocenters. The third kappa shape index (κ3) is 4.79. The van der Waals surface area contributed by atoms with Gasteiger partial charge in [-0.05, 0) is 92.3 Å². The maximum absolute atomic E-state index is 11.9.